The first kappa shape index (κ1) is 7.70. The Morgan fingerprint density at radius 3 is 1.88 bits per heavy atom. The fraction of sp³-hybridized carbons (Fsp3) is 0.714. The molecule has 0 saturated carbocycles. The molecule has 0 spiro atoms. The molecular weight excluding hydrogens is 98.1 g/mol. The van der Waals surface area contributed by atoms with Crippen LogP contribution in [0.15, 0.2) is 6.58 Å². The summed E-state index contributed by atoms with van der Waals surface area (Å²) in [5.41, 5.74) is 5.69. The molecule has 0 saturated heterocycles. The number of nitrogens with two attached hydrogens (primary N) is 1. The highest BCUT2D eigenvalue weighted by molar-refractivity contribution is 4.84. The quantitative estimate of drug-likeness (QED) is 0.544. The van der Waals surface area contributed by atoms with Crippen LogP contribution in [0, 0.1) is 11.5 Å². The van der Waals surface area contributed by atoms with Gasteiger partial charge in [-0.1, -0.05) is 27.4 Å². The Bertz CT molecular complexity index is 78.9. The van der Waals surface area contributed by atoms with E-state index in [4.69, 9.17) is 5.73 Å². The maximum atomic E-state index is 5.58. The molecular formula is C7H14N. The fourth-order valence-electron chi connectivity index (χ4n) is 0.306. The molecule has 0 aliphatic heterocycles. The van der Waals surface area contributed by atoms with Crippen LogP contribution in [0.3, 0.4) is 0 Å². The highest BCUT2D eigenvalue weighted by atomic mass is 14.6. The van der Waals surface area contributed by atoms with Crippen molar-refractivity contribution in [3.8, 4) is 0 Å². The van der Waals surface area contributed by atoms with E-state index in [9.17, 15) is 0 Å². The van der Waals surface area contributed by atoms with Gasteiger partial charge in [0, 0.05) is 6.04 Å². The SMILES string of the molecule is C=[C]C(N)C(C)(C)C. The third kappa shape index (κ3) is 2.12. The molecule has 0 rings (SSSR count). The molecule has 2 N–H and O–H groups in total. The minimum Gasteiger partial charge on any atom is -0.324 e. The van der Waals surface area contributed by atoms with E-state index in [-0.39, 0.29) is 11.5 Å². The molecule has 0 fully saturated rings. The fourth-order valence-corrected chi connectivity index (χ4v) is 0.306. The molecule has 1 heteroatoms. The molecule has 0 aromatic rings. The Kier molecular flexibility index (Phi) is 2.23. The first-order chi connectivity index (χ1) is 3.48. The summed E-state index contributed by atoms with van der Waals surface area (Å²) in [6.07, 6.45) is 2.73. The molecule has 0 aromatic carbocycles. The van der Waals surface area contributed by atoms with E-state index >= 15 is 0 Å². The Morgan fingerprint density at radius 1 is 1.50 bits per heavy atom. The Morgan fingerprint density at radius 2 is 1.88 bits per heavy atom. The molecule has 0 heterocycles. The van der Waals surface area contributed by atoms with Gasteiger partial charge in [0.05, 0.1) is 0 Å². The van der Waals surface area contributed by atoms with Crippen LogP contribution in [0.5, 0.6) is 0 Å². The zero-order valence-electron chi connectivity index (χ0n) is 5.86. The van der Waals surface area contributed by atoms with Gasteiger partial charge in [-0.05, 0) is 11.5 Å². The van der Waals surface area contributed by atoms with Gasteiger partial charge < -0.3 is 5.73 Å². The van der Waals surface area contributed by atoms with Gasteiger partial charge in [0.2, 0.25) is 0 Å². The van der Waals surface area contributed by atoms with Gasteiger partial charge in [-0.3, -0.25) is 0 Å². The molecule has 8 heavy (non-hydrogen) atoms. The first-order valence-electron chi connectivity index (χ1n) is 2.76. The summed E-state index contributed by atoms with van der Waals surface area (Å²) < 4.78 is 0. The summed E-state index contributed by atoms with van der Waals surface area (Å²) in [7, 11) is 0. The van der Waals surface area contributed by atoms with Crippen LogP contribution in [0.4, 0.5) is 0 Å². The van der Waals surface area contributed by atoms with Gasteiger partial charge >= 0.3 is 0 Å². The van der Waals surface area contributed by atoms with Crippen LogP contribution in [-0.2, 0) is 0 Å². The third-order valence-electron chi connectivity index (χ3n) is 1.15. The lowest BCUT2D eigenvalue weighted by atomic mass is 9.88. The Hall–Kier alpha value is -0.300. The highest BCUT2D eigenvalue weighted by Gasteiger charge is 2.16. The van der Waals surface area contributed by atoms with Crippen molar-refractivity contribution in [1.82, 2.24) is 0 Å². The lowest BCUT2D eigenvalue weighted by Gasteiger charge is -2.22. The van der Waals surface area contributed by atoms with Gasteiger partial charge in [0.25, 0.3) is 0 Å². The minimum absolute atomic E-state index is 0.0116. The summed E-state index contributed by atoms with van der Waals surface area (Å²) in [5.74, 6) is 0. The monoisotopic (exact) mass is 112 g/mol. The predicted octanol–water partition coefficient (Wildman–Crippen LogP) is 1.35. The van der Waals surface area contributed by atoms with E-state index in [2.05, 4.69) is 33.4 Å². The Labute approximate surface area is 51.6 Å². The van der Waals surface area contributed by atoms with Crippen LogP contribution in [-0.4, -0.2) is 6.04 Å². The zero-order chi connectivity index (χ0) is 6.78. The van der Waals surface area contributed by atoms with Gasteiger partial charge in [-0.15, -0.1) is 0 Å². The lowest BCUT2D eigenvalue weighted by Crippen LogP contribution is -2.32. The number of hydrogen-bond acceptors (Lipinski definition) is 1. The summed E-state index contributed by atoms with van der Waals surface area (Å²) in [5, 5.41) is 0. The molecule has 0 aliphatic carbocycles. The largest absolute Gasteiger partial charge is 0.324 e. The second-order valence-corrected chi connectivity index (χ2v) is 3.05. The van der Waals surface area contributed by atoms with E-state index in [1.54, 1.807) is 0 Å². The maximum Gasteiger partial charge on any atom is 0.0341 e. The van der Waals surface area contributed by atoms with E-state index in [1.165, 1.54) is 0 Å². The van der Waals surface area contributed by atoms with Crippen molar-refractivity contribution < 1.29 is 0 Å². The Balaban J connectivity index is 3.80. The molecule has 1 nitrogen and oxygen atoms in total. The number of hydrogen-bond donors (Lipinski definition) is 1. The normalized spacial score (nSPS) is 15.5. The van der Waals surface area contributed by atoms with E-state index in [0.29, 0.717) is 0 Å². The molecule has 0 amide bonds. The smallest absolute Gasteiger partial charge is 0.0341 e. The lowest BCUT2D eigenvalue weighted by molar-refractivity contribution is 0.360. The summed E-state index contributed by atoms with van der Waals surface area (Å²) >= 11 is 0. The van der Waals surface area contributed by atoms with Crippen molar-refractivity contribution in [2.75, 3.05) is 0 Å². The maximum absolute atomic E-state index is 5.58. The standard InChI is InChI=1S/C7H14N/c1-5-6(8)7(2,3)4/h6H,1,8H2,2-4H3. The van der Waals surface area contributed by atoms with Gasteiger partial charge in [0.1, 0.15) is 0 Å². The summed E-state index contributed by atoms with van der Waals surface area (Å²) in [6.45, 7) is 9.67. The van der Waals surface area contributed by atoms with Crippen LogP contribution in [0.1, 0.15) is 20.8 Å². The highest BCUT2D eigenvalue weighted by Crippen LogP contribution is 2.16. The first-order valence-corrected chi connectivity index (χ1v) is 2.76. The van der Waals surface area contributed by atoms with Crippen LogP contribution < -0.4 is 5.73 Å². The minimum atomic E-state index is -0.0116. The summed E-state index contributed by atoms with van der Waals surface area (Å²) in [4.78, 5) is 0. The molecule has 0 aliphatic rings. The molecule has 0 aromatic heterocycles. The van der Waals surface area contributed by atoms with Crippen molar-refractivity contribution in [3.05, 3.63) is 12.7 Å². The molecule has 1 unspecified atom stereocenters. The summed E-state index contributed by atoms with van der Waals surface area (Å²) in [6, 6.07) is -0.0116. The van der Waals surface area contributed by atoms with Crippen LogP contribution >= 0.6 is 0 Å². The van der Waals surface area contributed by atoms with Crippen LogP contribution in [0.25, 0.3) is 0 Å². The number of rotatable bonds is 1. The predicted molar refractivity (Wildman–Crippen MR) is 36.3 cm³/mol. The van der Waals surface area contributed by atoms with Crippen molar-refractivity contribution >= 4 is 0 Å². The van der Waals surface area contributed by atoms with Crippen molar-refractivity contribution in [2.45, 2.75) is 26.8 Å². The van der Waals surface area contributed by atoms with Gasteiger partial charge in [0.15, 0.2) is 0 Å². The topological polar surface area (TPSA) is 26.0 Å². The average Bonchev–Trinajstić information content (AvgIpc) is 1.62. The molecule has 47 valence electrons. The average molecular weight is 112 g/mol. The van der Waals surface area contributed by atoms with Crippen molar-refractivity contribution in [2.24, 2.45) is 11.1 Å². The van der Waals surface area contributed by atoms with Gasteiger partial charge in [-0.25, -0.2) is 0 Å². The van der Waals surface area contributed by atoms with Crippen molar-refractivity contribution in [1.29, 1.82) is 0 Å². The zero-order valence-corrected chi connectivity index (χ0v) is 5.86. The van der Waals surface area contributed by atoms with Gasteiger partial charge in [-0.2, -0.15) is 0 Å². The third-order valence-corrected chi connectivity index (χ3v) is 1.15. The van der Waals surface area contributed by atoms with Crippen LogP contribution in [0.2, 0.25) is 0 Å². The van der Waals surface area contributed by atoms with E-state index in [1.807, 2.05) is 0 Å². The van der Waals surface area contributed by atoms with E-state index < -0.39 is 0 Å². The molecule has 1 atom stereocenters. The van der Waals surface area contributed by atoms with Crippen molar-refractivity contribution in [3.63, 3.8) is 0 Å². The second kappa shape index (κ2) is 2.31. The van der Waals surface area contributed by atoms with E-state index in [0.717, 1.165) is 0 Å². The molecule has 0 bridgehead atoms. The molecule has 1 radical (unpaired) electrons. The second-order valence-electron chi connectivity index (χ2n) is 3.05.